The van der Waals surface area contributed by atoms with Crippen LogP contribution in [0.4, 0.5) is 0 Å². The van der Waals surface area contributed by atoms with Crippen LogP contribution in [-0.4, -0.2) is 5.11 Å². The molecule has 1 heteroatoms. The average molecular weight is 206 g/mol. The molecule has 0 amide bonds. The zero-order valence-corrected chi connectivity index (χ0v) is 10.2. The van der Waals surface area contributed by atoms with Gasteiger partial charge in [-0.25, -0.2) is 0 Å². The SMILES string of the molecule is CCC(C)c1ccc(C(C)(O)CC)cc1. The van der Waals surface area contributed by atoms with Crippen LogP contribution in [-0.2, 0) is 5.60 Å². The minimum Gasteiger partial charge on any atom is -0.385 e. The van der Waals surface area contributed by atoms with Crippen LogP contribution in [0.15, 0.2) is 24.3 Å². The van der Waals surface area contributed by atoms with E-state index < -0.39 is 5.60 Å². The predicted octanol–water partition coefficient (Wildman–Crippen LogP) is 3.82. The number of hydrogen-bond donors (Lipinski definition) is 1. The molecule has 1 nitrogen and oxygen atoms in total. The van der Waals surface area contributed by atoms with Gasteiger partial charge in [-0.3, -0.25) is 0 Å². The molecule has 0 spiro atoms. The van der Waals surface area contributed by atoms with E-state index in [4.69, 9.17) is 0 Å². The van der Waals surface area contributed by atoms with Crippen molar-refractivity contribution in [3.63, 3.8) is 0 Å². The molecule has 0 aliphatic rings. The van der Waals surface area contributed by atoms with Gasteiger partial charge >= 0.3 is 0 Å². The standard InChI is InChI=1S/C14H22O/c1-5-11(3)12-7-9-13(10-8-12)14(4,15)6-2/h7-11,15H,5-6H2,1-4H3. The topological polar surface area (TPSA) is 20.2 Å². The van der Waals surface area contributed by atoms with Crippen molar-refractivity contribution in [3.05, 3.63) is 35.4 Å². The van der Waals surface area contributed by atoms with Gasteiger partial charge < -0.3 is 5.11 Å². The van der Waals surface area contributed by atoms with Crippen molar-refractivity contribution in [2.75, 3.05) is 0 Å². The van der Waals surface area contributed by atoms with Crippen molar-refractivity contribution in [2.45, 2.75) is 52.1 Å². The zero-order chi connectivity index (χ0) is 11.5. The van der Waals surface area contributed by atoms with Crippen LogP contribution in [0.2, 0.25) is 0 Å². The predicted molar refractivity (Wildman–Crippen MR) is 65.0 cm³/mol. The Labute approximate surface area is 93.1 Å². The molecule has 2 unspecified atom stereocenters. The molecule has 84 valence electrons. The number of benzene rings is 1. The largest absolute Gasteiger partial charge is 0.385 e. The van der Waals surface area contributed by atoms with Gasteiger partial charge in [0.15, 0.2) is 0 Å². The molecule has 15 heavy (non-hydrogen) atoms. The lowest BCUT2D eigenvalue weighted by molar-refractivity contribution is 0.0531. The van der Waals surface area contributed by atoms with Crippen LogP contribution in [0.25, 0.3) is 0 Å². The van der Waals surface area contributed by atoms with E-state index in [9.17, 15) is 5.11 Å². The summed E-state index contributed by atoms with van der Waals surface area (Å²) in [5, 5.41) is 10.1. The van der Waals surface area contributed by atoms with E-state index in [1.807, 2.05) is 26.0 Å². The van der Waals surface area contributed by atoms with Gasteiger partial charge in [0.1, 0.15) is 0 Å². The molecule has 1 aromatic carbocycles. The number of aliphatic hydroxyl groups is 1. The summed E-state index contributed by atoms with van der Waals surface area (Å²) in [5.41, 5.74) is 1.68. The quantitative estimate of drug-likeness (QED) is 0.794. The van der Waals surface area contributed by atoms with Gasteiger partial charge in [-0.05, 0) is 36.8 Å². The summed E-state index contributed by atoms with van der Waals surface area (Å²) >= 11 is 0. The van der Waals surface area contributed by atoms with Crippen molar-refractivity contribution in [1.29, 1.82) is 0 Å². The van der Waals surface area contributed by atoms with E-state index in [-0.39, 0.29) is 0 Å². The van der Waals surface area contributed by atoms with Crippen molar-refractivity contribution < 1.29 is 5.11 Å². The molecule has 0 aromatic heterocycles. The van der Waals surface area contributed by atoms with E-state index in [0.29, 0.717) is 5.92 Å². The molecule has 0 saturated heterocycles. The summed E-state index contributed by atoms with van der Waals surface area (Å²) in [5.74, 6) is 0.602. The number of hydrogen-bond acceptors (Lipinski definition) is 1. The van der Waals surface area contributed by atoms with Crippen LogP contribution >= 0.6 is 0 Å². The highest BCUT2D eigenvalue weighted by Crippen LogP contribution is 2.26. The first kappa shape index (κ1) is 12.3. The van der Waals surface area contributed by atoms with Crippen LogP contribution in [0.5, 0.6) is 0 Å². The molecule has 0 radical (unpaired) electrons. The lowest BCUT2D eigenvalue weighted by atomic mass is 9.90. The first-order chi connectivity index (χ1) is 7.01. The Kier molecular flexibility index (Phi) is 3.92. The Morgan fingerprint density at radius 2 is 1.73 bits per heavy atom. The molecular weight excluding hydrogens is 184 g/mol. The third-order valence-electron chi connectivity index (χ3n) is 3.40. The fraction of sp³-hybridized carbons (Fsp3) is 0.571. The van der Waals surface area contributed by atoms with Crippen LogP contribution in [0.3, 0.4) is 0 Å². The summed E-state index contributed by atoms with van der Waals surface area (Å²) in [7, 11) is 0. The molecule has 1 N–H and O–H groups in total. The highest BCUT2D eigenvalue weighted by Gasteiger charge is 2.20. The van der Waals surface area contributed by atoms with E-state index in [2.05, 4.69) is 26.0 Å². The third kappa shape index (κ3) is 2.82. The molecule has 1 aromatic rings. The maximum atomic E-state index is 10.1. The summed E-state index contributed by atoms with van der Waals surface area (Å²) in [6, 6.07) is 8.36. The second-order valence-corrected chi connectivity index (χ2v) is 4.56. The van der Waals surface area contributed by atoms with E-state index >= 15 is 0 Å². The second kappa shape index (κ2) is 4.80. The van der Waals surface area contributed by atoms with Gasteiger partial charge in [0.05, 0.1) is 5.60 Å². The fourth-order valence-electron chi connectivity index (χ4n) is 1.61. The minimum atomic E-state index is -0.687. The Morgan fingerprint density at radius 3 is 2.13 bits per heavy atom. The molecule has 2 atom stereocenters. The zero-order valence-electron chi connectivity index (χ0n) is 10.2. The van der Waals surface area contributed by atoms with E-state index in [0.717, 1.165) is 18.4 Å². The first-order valence-electron chi connectivity index (χ1n) is 5.84. The monoisotopic (exact) mass is 206 g/mol. The molecule has 1 rings (SSSR count). The second-order valence-electron chi connectivity index (χ2n) is 4.56. The average Bonchev–Trinajstić information content (AvgIpc) is 2.28. The fourth-order valence-corrected chi connectivity index (χ4v) is 1.61. The van der Waals surface area contributed by atoms with Crippen LogP contribution < -0.4 is 0 Å². The maximum Gasteiger partial charge on any atom is 0.0865 e. The highest BCUT2D eigenvalue weighted by atomic mass is 16.3. The van der Waals surface area contributed by atoms with Crippen LogP contribution in [0.1, 0.15) is 57.6 Å². The first-order valence-corrected chi connectivity index (χ1v) is 5.84. The lowest BCUT2D eigenvalue weighted by Crippen LogP contribution is -2.19. The lowest BCUT2D eigenvalue weighted by Gasteiger charge is -2.22. The Morgan fingerprint density at radius 1 is 1.20 bits per heavy atom. The third-order valence-corrected chi connectivity index (χ3v) is 3.40. The molecule has 0 fully saturated rings. The van der Waals surface area contributed by atoms with Gasteiger partial charge in [0.2, 0.25) is 0 Å². The highest BCUT2D eigenvalue weighted by molar-refractivity contribution is 5.28. The molecule has 0 heterocycles. The van der Waals surface area contributed by atoms with Gasteiger partial charge in [-0.15, -0.1) is 0 Å². The summed E-state index contributed by atoms with van der Waals surface area (Å²) in [6.45, 7) is 8.29. The normalized spacial score (nSPS) is 17.1. The van der Waals surface area contributed by atoms with Crippen molar-refractivity contribution in [3.8, 4) is 0 Å². The van der Waals surface area contributed by atoms with Gasteiger partial charge in [0.25, 0.3) is 0 Å². The smallest absolute Gasteiger partial charge is 0.0865 e. The van der Waals surface area contributed by atoms with Crippen molar-refractivity contribution in [1.82, 2.24) is 0 Å². The van der Waals surface area contributed by atoms with Gasteiger partial charge in [-0.1, -0.05) is 45.0 Å². The summed E-state index contributed by atoms with van der Waals surface area (Å²) < 4.78 is 0. The van der Waals surface area contributed by atoms with Crippen molar-refractivity contribution >= 4 is 0 Å². The van der Waals surface area contributed by atoms with E-state index in [1.165, 1.54) is 5.56 Å². The summed E-state index contributed by atoms with van der Waals surface area (Å²) in [4.78, 5) is 0. The summed E-state index contributed by atoms with van der Waals surface area (Å²) in [6.07, 6.45) is 1.90. The Balaban J connectivity index is 2.90. The van der Waals surface area contributed by atoms with Gasteiger partial charge in [0, 0.05) is 0 Å². The molecular formula is C14H22O. The van der Waals surface area contributed by atoms with E-state index in [1.54, 1.807) is 0 Å². The number of rotatable bonds is 4. The minimum absolute atomic E-state index is 0.602. The molecule has 0 aliphatic heterocycles. The molecule has 0 bridgehead atoms. The molecule has 0 saturated carbocycles. The Bertz CT molecular complexity index is 298. The molecule has 0 aliphatic carbocycles. The Hall–Kier alpha value is -0.820. The maximum absolute atomic E-state index is 10.1. The van der Waals surface area contributed by atoms with Crippen molar-refractivity contribution in [2.24, 2.45) is 0 Å². The van der Waals surface area contributed by atoms with Crippen LogP contribution in [0, 0.1) is 0 Å². The van der Waals surface area contributed by atoms with Gasteiger partial charge in [-0.2, -0.15) is 0 Å².